The number of nitrogens with one attached hydrogen (secondary N) is 2. The summed E-state index contributed by atoms with van der Waals surface area (Å²) in [5.41, 5.74) is 2.89. The maximum absolute atomic E-state index is 12.2. The highest BCUT2D eigenvalue weighted by Gasteiger charge is 2.31. The summed E-state index contributed by atoms with van der Waals surface area (Å²) < 4.78 is 1.83. The van der Waals surface area contributed by atoms with E-state index in [2.05, 4.69) is 27.9 Å². The first-order valence-electron chi connectivity index (χ1n) is 9.19. The van der Waals surface area contributed by atoms with Crippen LogP contribution in [0.4, 0.5) is 5.69 Å². The van der Waals surface area contributed by atoms with E-state index in [0.29, 0.717) is 18.9 Å². The minimum Gasteiger partial charge on any atom is -0.382 e. The van der Waals surface area contributed by atoms with Gasteiger partial charge in [-0.15, -0.1) is 0 Å². The van der Waals surface area contributed by atoms with Gasteiger partial charge in [-0.25, -0.2) is 0 Å². The molecule has 2 aromatic rings. The molecule has 132 valence electrons. The molecule has 1 atom stereocenters. The number of carbonyl (C=O) groups is 2. The number of fused-ring (bicyclic) bond motifs is 1. The van der Waals surface area contributed by atoms with Crippen LogP contribution in [0, 0.1) is 0 Å². The van der Waals surface area contributed by atoms with Crippen LogP contribution in [0.15, 0.2) is 18.2 Å². The summed E-state index contributed by atoms with van der Waals surface area (Å²) in [5.74, 6) is -0.778. The number of carbonyl (C=O) groups excluding carboxylic acids is 2. The van der Waals surface area contributed by atoms with E-state index < -0.39 is 0 Å². The number of imide groups is 1. The molecular formula is C19H24N4O2. The Morgan fingerprint density at radius 1 is 1.16 bits per heavy atom. The number of rotatable bonds is 3. The van der Waals surface area contributed by atoms with Gasteiger partial charge >= 0.3 is 0 Å². The largest absolute Gasteiger partial charge is 0.382 e. The Balaban J connectivity index is 1.62. The van der Waals surface area contributed by atoms with E-state index in [1.165, 1.54) is 32.1 Å². The lowest BCUT2D eigenvalue weighted by Gasteiger charge is -2.24. The van der Waals surface area contributed by atoms with Crippen LogP contribution in [0.2, 0.25) is 0 Å². The normalized spacial score (nSPS) is 22.2. The molecule has 25 heavy (non-hydrogen) atoms. The smallest absolute Gasteiger partial charge is 0.235 e. The zero-order valence-electron chi connectivity index (χ0n) is 14.5. The van der Waals surface area contributed by atoms with Crippen LogP contribution < -0.4 is 10.6 Å². The SMILES string of the molecule is Cn1nc(C2CCC(=O)NC2=O)c2ccc(NC3CCCCC3)cc21. The van der Waals surface area contributed by atoms with Gasteiger partial charge in [0.2, 0.25) is 11.8 Å². The molecule has 0 spiro atoms. The molecule has 2 heterocycles. The van der Waals surface area contributed by atoms with Crippen molar-refractivity contribution in [2.24, 2.45) is 7.05 Å². The minimum atomic E-state index is -0.349. The van der Waals surface area contributed by atoms with Gasteiger partial charge in [-0.05, 0) is 37.5 Å². The average molecular weight is 340 g/mol. The predicted molar refractivity (Wildman–Crippen MR) is 96.3 cm³/mol. The number of amides is 2. The highest BCUT2D eigenvalue weighted by atomic mass is 16.2. The van der Waals surface area contributed by atoms with E-state index in [-0.39, 0.29) is 17.7 Å². The van der Waals surface area contributed by atoms with E-state index in [1.807, 2.05) is 17.8 Å². The lowest BCUT2D eigenvalue weighted by molar-refractivity contribution is -0.134. The van der Waals surface area contributed by atoms with E-state index >= 15 is 0 Å². The van der Waals surface area contributed by atoms with Crippen molar-refractivity contribution >= 4 is 28.4 Å². The second-order valence-electron chi connectivity index (χ2n) is 7.22. The zero-order valence-corrected chi connectivity index (χ0v) is 14.5. The number of hydrogen-bond acceptors (Lipinski definition) is 4. The second-order valence-corrected chi connectivity index (χ2v) is 7.22. The lowest BCUT2D eigenvalue weighted by Crippen LogP contribution is -2.39. The first-order valence-corrected chi connectivity index (χ1v) is 9.19. The molecule has 4 rings (SSSR count). The Bertz CT molecular complexity index is 820. The molecule has 0 radical (unpaired) electrons. The van der Waals surface area contributed by atoms with Gasteiger partial charge in [-0.3, -0.25) is 19.6 Å². The van der Waals surface area contributed by atoms with Crippen molar-refractivity contribution in [3.05, 3.63) is 23.9 Å². The summed E-state index contributed by atoms with van der Waals surface area (Å²) >= 11 is 0. The summed E-state index contributed by atoms with van der Waals surface area (Å²) in [7, 11) is 1.90. The third-order valence-corrected chi connectivity index (χ3v) is 5.43. The molecule has 1 unspecified atom stereocenters. The van der Waals surface area contributed by atoms with Crippen LogP contribution in [-0.2, 0) is 16.6 Å². The molecule has 2 N–H and O–H groups in total. The highest BCUT2D eigenvalue weighted by Crippen LogP contribution is 2.32. The van der Waals surface area contributed by atoms with Crippen molar-refractivity contribution in [3.8, 4) is 0 Å². The molecule has 0 bridgehead atoms. The van der Waals surface area contributed by atoms with Gasteiger partial charge in [0.05, 0.1) is 17.1 Å². The van der Waals surface area contributed by atoms with Gasteiger partial charge in [-0.1, -0.05) is 19.3 Å². The Hall–Kier alpha value is -2.37. The first-order chi connectivity index (χ1) is 12.1. The fourth-order valence-corrected chi connectivity index (χ4v) is 4.07. The van der Waals surface area contributed by atoms with Gasteiger partial charge in [0.1, 0.15) is 0 Å². The fraction of sp³-hybridized carbons (Fsp3) is 0.526. The lowest BCUT2D eigenvalue weighted by atomic mass is 9.92. The van der Waals surface area contributed by atoms with Crippen LogP contribution in [0.3, 0.4) is 0 Å². The Labute approximate surface area is 147 Å². The first kappa shape index (κ1) is 16.1. The van der Waals surface area contributed by atoms with Crippen molar-refractivity contribution < 1.29 is 9.59 Å². The summed E-state index contributed by atoms with van der Waals surface area (Å²) in [6.07, 6.45) is 7.29. The molecule has 2 fully saturated rings. The van der Waals surface area contributed by atoms with Crippen molar-refractivity contribution in [1.82, 2.24) is 15.1 Å². The van der Waals surface area contributed by atoms with Gasteiger partial charge in [0.15, 0.2) is 0 Å². The van der Waals surface area contributed by atoms with Gasteiger partial charge in [-0.2, -0.15) is 5.10 Å². The maximum Gasteiger partial charge on any atom is 0.235 e. The second kappa shape index (κ2) is 6.50. The van der Waals surface area contributed by atoms with E-state index in [1.54, 1.807) is 0 Å². The van der Waals surface area contributed by atoms with Crippen LogP contribution in [-0.4, -0.2) is 27.6 Å². The molecule has 6 heteroatoms. The number of benzene rings is 1. The quantitative estimate of drug-likeness (QED) is 0.843. The molecule has 2 amide bonds. The maximum atomic E-state index is 12.2. The highest BCUT2D eigenvalue weighted by molar-refractivity contribution is 6.02. The molecule has 2 aliphatic rings. The molecule has 1 aromatic carbocycles. The van der Waals surface area contributed by atoms with Crippen molar-refractivity contribution in [2.45, 2.75) is 56.9 Å². The molecule has 1 saturated carbocycles. The summed E-state index contributed by atoms with van der Waals surface area (Å²) in [4.78, 5) is 23.6. The van der Waals surface area contributed by atoms with Crippen LogP contribution >= 0.6 is 0 Å². The number of aromatic nitrogens is 2. The Morgan fingerprint density at radius 3 is 2.72 bits per heavy atom. The topological polar surface area (TPSA) is 76.0 Å². The Morgan fingerprint density at radius 2 is 1.96 bits per heavy atom. The number of nitrogens with zero attached hydrogens (tertiary/aromatic N) is 2. The molecule has 1 aliphatic carbocycles. The van der Waals surface area contributed by atoms with Gasteiger partial charge in [0, 0.05) is 30.6 Å². The van der Waals surface area contributed by atoms with E-state index in [9.17, 15) is 9.59 Å². The van der Waals surface area contributed by atoms with Crippen molar-refractivity contribution in [3.63, 3.8) is 0 Å². The Kier molecular flexibility index (Phi) is 4.19. The number of piperidine rings is 1. The van der Waals surface area contributed by atoms with Crippen LogP contribution in [0.25, 0.3) is 10.9 Å². The summed E-state index contributed by atoms with van der Waals surface area (Å²) in [6, 6.07) is 6.79. The number of aryl methyl sites for hydroxylation is 1. The van der Waals surface area contributed by atoms with Crippen LogP contribution in [0.5, 0.6) is 0 Å². The minimum absolute atomic E-state index is 0.194. The van der Waals surface area contributed by atoms with Crippen LogP contribution in [0.1, 0.15) is 56.6 Å². The zero-order chi connectivity index (χ0) is 17.4. The van der Waals surface area contributed by atoms with E-state index in [0.717, 1.165) is 22.3 Å². The van der Waals surface area contributed by atoms with E-state index in [4.69, 9.17) is 0 Å². The molecule has 1 aromatic heterocycles. The molecule has 6 nitrogen and oxygen atoms in total. The average Bonchev–Trinajstić information content (AvgIpc) is 2.92. The monoisotopic (exact) mass is 340 g/mol. The molecule has 1 aliphatic heterocycles. The van der Waals surface area contributed by atoms with Gasteiger partial charge in [0.25, 0.3) is 0 Å². The molecular weight excluding hydrogens is 316 g/mol. The third kappa shape index (κ3) is 3.13. The fourth-order valence-electron chi connectivity index (χ4n) is 4.07. The van der Waals surface area contributed by atoms with Crippen molar-refractivity contribution in [1.29, 1.82) is 0 Å². The predicted octanol–water partition coefficient (Wildman–Crippen LogP) is 2.84. The van der Waals surface area contributed by atoms with Crippen molar-refractivity contribution in [2.75, 3.05) is 5.32 Å². The third-order valence-electron chi connectivity index (χ3n) is 5.43. The number of hydrogen-bond donors (Lipinski definition) is 2. The standard InChI is InChI=1S/C19H24N4O2/c1-23-16-11-13(20-12-5-3-2-4-6-12)7-8-14(16)18(22-23)15-9-10-17(24)21-19(15)25/h7-8,11-12,15,20H,2-6,9-10H2,1H3,(H,21,24,25). The number of anilines is 1. The summed E-state index contributed by atoms with van der Waals surface area (Å²) in [5, 5.41) is 11.7. The summed E-state index contributed by atoms with van der Waals surface area (Å²) in [6.45, 7) is 0. The molecule has 1 saturated heterocycles. The van der Waals surface area contributed by atoms with Gasteiger partial charge < -0.3 is 5.32 Å².